The van der Waals surface area contributed by atoms with Crippen LogP contribution < -0.4 is 5.32 Å². The van der Waals surface area contributed by atoms with E-state index >= 15 is 4.39 Å². The van der Waals surface area contributed by atoms with E-state index in [0.29, 0.717) is 25.5 Å². The Morgan fingerprint density at radius 1 is 1.13 bits per heavy atom. The number of rotatable bonds is 13. The number of hydrogen-bond donors (Lipinski definition) is 1. The van der Waals surface area contributed by atoms with Crippen LogP contribution in [0.25, 0.3) is 5.57 Å². The van der Waals surface area contributed by atoms with E-state index in [0.717, 1.165) is 66.8 Å². The number of likely N-dealkylation sites (tertiary alicyclic amines) is 1. The number of amides is 3. The highest BCUT2D eigenvalue weighted by atomic mass is 19.1. The average Bonchev–Trinajstić information content (AvgIpc) is 2.94. The van der Waals surface area contributed by atoms with E-state index in [1.807, 2.05) is 42.2 Å². The molecule has 1 aromatic carbocycles. The maximum absolute atomic E-state index is 15.9. The SMILES string of the molecule is CCCCCCCNC(=O)N(C)C1(F)C=CC=C(c2ccc(CC(OCC)C(=O)N3CCC(C)CC3)cc2)C1. The van der Waals surface area contributed by atoms with Crippen LogP contribution in [0, 0.1) is 5.92 Å². The van der Waals surface area contributed by atoms with E-state index in [1.165, 1.54) is 26.0 Å². The summed E-state index contributed by atoms with van der Waals surface area (Å²) in [5.74, 6) is -1.17. The molecule has 0 aromatic heterocycles. The Morgan fingerprint density at radius 3 is 2.49 bits per heavy atom. The van der Waals surface area contributed by atoms with Crippen molar-refractivity contribution in [3.63, 3.8) is 0 Å². The van der Waals surface area contributed by atoms with Crippen LogP contribution in [0.5, 0.6) is 0 Å². The van der Waals surface area contributed by atoms with E-state index in [2.05, 4.69) is 19.2 Å². The number of piperidine rings is 1. The average molecular weight is 542 g/mol. The molecule has 3 rings (SSSR count). The zero-order chi connectivity index (χ0) is 28.3. The molecule has 39 heavy (non-hydrogen) atoms. The van der Waals surface area contributed by atoms with Gasteiger partial charge in [0.05, 0.1) is 0 Å². The Kier molecular flexibility index (Phi) is 12.0. The molecule has 1 aliphatic carbocycles. The van der Waals surface area contributed by atoms with Crippen molar-refractivity contribution in [2.45, 2.75) is 90.5 Å². The number of carbonyl (C=O) groups excluding carboxylic acids is 2. The quantitative estimate of drug-likeness (QED) is 0.229. The third-order valence-electron chi connectivity index (χ3n) is 7.99. The van der Waals surface area contributed by atoms with Gasteiger partial charge in [-0.3, -0.25) is 9.69 Å². The molecule has 6 nitrogen and oxygen atoms in total. The zero-order valence-corrected chi connectivity index (χ0v) is 24.4. The minimum atomic E-state index is -1.90. The number of allylic oxidation sites excluding steroid dienone is 2. The second kappa shape index (κ2) is 15.2. The van der Waals surface area contributed by atoms with Gasteiger partial charge < -0.3 is 15.0 Å². The number of nitrogens with zero attached hydrogens (tertiary/aromatic N) is 2. The third kappa shape index (κ3) is 8.92. The molecule has 1 aliphatic heterocycles. The number of halogens is 1. The van der Waals surface area contributed by atoms with Gasteiger partial charge in [0.1, 0.15) is 6.10 Å². The Balaban J connectivity index is 1.57. The normalized spacial score (nSPS) is 20.4. The van der Waals surface area contributed by atoms with Gasteiger partial charge in [0.25, 0.3) is 5.91 Å². The minimum Gasteiger partial charge on any atom is -0.368 e. The van der Waals surface area contributed by atoms with Crippen molar-refractivity contribution in [2.75, 3.05) is 33.3 Å². The monoisotopic (exact) mass is 541 g/mol. The maximum atomic E-state index is 15.9. The first-order chi connectivity index (χ1) is 18.8. The summed E-state index contributed by atoms with van der Waals surface area (Å²) in [4.78, 5) is 28.9. The molecule has 216 valence electrons. The third-order valence-corrected chi connectivity index (χ3v) is 7.99. The molecule has 0 spiro atoms. The fraction of sp³-hybridized carbons (Fsp3) is 0.625. The van der Waals surface area contributed by atoms with Crippen LogP contribution >= 0.6 is 0 Å². The summed E-state index contributed by atoms with van der Waals surface area (Å²) in [5, 5.41) is 2.86. The lowest BCUT2D eigenvalue weighted by atomic mass is 9.91. The van der Waals surface area contributed by atoms with E-state index in [4.69, 9.17) is 4.74 Å². The Labute approximate surface area is 234 Å². The summed E-state index contributed by atoms with van der Waals surface area (Å²) in [5.41, 5.74) is 2.73. The fourth-order valence-electron chi connectivity index (χ4n) is 5.26. The van der Waals surface area contributed by atoms with Crippen molar-refractivity contribution in [1.29, 1.82) is 0 Å². The maximum Gasteiger partial charge on any atom is 0.319 e. The second-order valence-corrected chi connectivity index (χ2v) is 11.1. The van der Waals surface area contributed by atoms with Crippen molar-refractivity contribution in [2.24, 2.45) is 5.92 Å². The largest absolute Gasteiger partial charge is 0.368 e. The highest BCUT2D eigenvalue weighted by Gasteiger charge is 2.37. The Hall–Kier alpha value is -2.67. The highest BCUT2D eigenvalue weighted by Crippen LogP contribution is 2.35. The minimum absolute atomic E-state index is 0.0671. The van der Waals surface area contributed by atoms with E-state index < -0.39 is 17.9 Å². The van der Waals surface area contributed by atoms with Gasteiger partial charge in [0.15, 0.2) is 0 Å². The number of ether oxygens (including phenoxy) is 1. The number of carbonyl (C=O) groups is 2. The van der Waals surface area contributed by atoms with Crippen LogP contribution in [-0.2, 0) is 16.0 Å². The highest BCUT2D eigenvalue weighted by molar-refractivity contribution is 5.81. The molecule has 1 aromatic rings. The van der Waals surface area contributed by atoms with Crippen LogP contribution in [0.15, 0.2) is 42.5 Å². The molecule has 2 unspecified atom stereocenters. The Morgan fingerprint density at radius 2 is 1.82 bits per heavy atom. The molecule has 7 heteroatoms. The lowest BCUT2D eigenvalue weighted by molar-refractivity contribution is -0.144. The predicted octanol–water partition coefficient (Wildman–Crippen LogP) is 6.51. The molecule has 1 saturated heterocycles. The number of hydrogen-bond acceptors (Lipinski definition) is 3. The lowest BCUT2D eigenvalue weighted by Crippen LogP contribution is -2.50. The molecule has 1 N–H and O–H groups in total. The number of unbranched alkanes of at least 4 members (excludes halogenated alkanes) is 4. The van der Waals surface area contributed by atoms with E-state index in [9.17, 15) is 9.59 Å². The first kappa shape index (κ1) is 30.9. The van der Waals surface area contributed by atoms with Crippen LogP contribution in [0.3, 0.4) is 0 Å². The molecule has 2 aliphatic rings. The standard InChI is InChI=1S/C32H48FN3O3/c1-5-7-8-9-10-20-34-31(38)35(4)32(33)19-11-12-28(24-32)27-15-13-26(14-16-27)23-29(39-6-2)30(37)36-21-17-25(3)18-22-36/h11-16,19,25,29H,5-10,17-18,20-24H2,1-4H3,(H,34,38). The predicted molar refractivity (Wildman–Crippen MR) is 156 cm³/mol. The number of urea groups is 1. The summed E-state index contributed by atoms with van der Waals surface area (Å²) < 4.78 is 21.8. The van der Waals surface area contributed by atoms with Gasteiger partial charge in [-0.15, -0.1) is 0 Å². The Bertz CT molecular complexity index is 985. The lowest BCUT2D eigenvalue weighted by Gasteiger charge is -2.35. The molecule has 0 bridgehead atoms. The molecular weight excluding hydrogens is 493 g/mol. The van der Waals surface area contributed by atoms with E-state index in [1.54, 1.807) is 6.08 Å². The van der Waals surface area contributed by atoms with Crippen molar-refractivity contribution in [3.05, 3.63) is 53.6 Å². The van der Waals surface area contributed by atoms with Gasteiger partial charge in [0, 0.05) is 46.1 Å². The number of nitrogens with one attached hydrogen (secondary N) is 1. The fourth-order valence-corrected chi connectivity index (χ4v) is 5.26. The van der Waals surface area contributed by atoms with Gasteiger partial charge in [-0.2, -0.15) is 0 Å². The zero-order valence-electron chi connectivity index (χ0n) is 24.4. The smallest absolute Gasteiger partial charge is 0.319 e. The van der Waals surface area contributed by atoms with Crippen molar-refractivity contribution in [3.8, 4) is 0 Å². The van der Waals surface area contributed by atoms with Crippen molar-refractivity contribution >= 4 is 17.5 Å². The molecule has 1 heterocycles. The van der Waals surface area contributed by atoms with Gasteiger partial charge in [-0.1, -0.05) is 75.9 Å². The van der Waals surface area contributed by atoms with Crippen LogP contribution in [0.4, 0.5) is 9.18 Å². The number of likely N-dealkylation sites (N-methyl/N-ethyl adjacent to an activating group) is 1. The van der Waals surface area contributed by atoms with E-state index in [-0.39, 0.29) is 12.3 Å². The van der Waals surface area contributed by atoms with Crippen LogP contribution in [0.1, 0.15) is 83.3 Å². The van der Waals surface area contributed by atoms with Gasteiger partial charge in [-0.05, 0) is 54.9 Å². The number of alkyl halides is 1. The molecule has 0 radical (unpaired) electrons. The second-order valence-electron chi connectivity index (χ2n) is 11.1. The summed E-state index contributed by atoms with van der Waals surface area (Å²) in [6.07, 6.45) is 12.7. The molecular formula is C32H48FN3O3. The summed E-state index contributed by atoms with van der Waals surface area (Å²) in [7, 11) is 1.51. The van der Waals surface area contributed by atoms with Gasteiger partial charge >= 0.3 is 6.03 Å². The number of benzene rings is 1. The molecule has 0 saturated carbocycles. The summed E-state index contributed by atoms with van der Waals surface area (Å²) >= 11 is 0. The van der Waals surface area contributed by atoms with Gasteiger partial charge in [-0.25, -0.2) is 9.18 Å². The molecule has 2 atom stereocenters. The summed E-state index contributed by atoms with van der Waals surface area (Å²) in [6.45, 7) is 8.94. The molecule has 1 fully saturated rings. The molecule has 3 amide bonds. The van der Waals surface area contributed by atoms with Crippen LogP contribution in [0.2, 0.25) is 0 Å². The van der Waals surface area contributed by atoms with Crippen molar-refractivity contribution < 1.29 is 18.7 Å². The topological polar surface area (TPSA) is 61.9 Å². The van der Waals surface area contributed by atoms with Crippen molar-refractivity contribution in [1.82, 2.24) is 15.1 Å². The first-order valence-electron chi connectivity index (χ1n) is 14.9. The van der Waals surface area contributed by atoms with Crippen LogP contribution in [-0.4, -0.2) is 66.9 Å². The first-order valence-corrected chi connectivity index (χ1v) is 14.9. The van der Waals surface area contributed by atoms with Gasteiger partial charge in [0.2, 0.25) is 5.79 Å². The summed E-state index contributed by atoms with van der Waals surface area (Å²) in [6, 6.07) is 7.51.